The van der Waals surface area contributed by atoms with E-state index in [1.54, 1.807) is 30.3 Å². The average Bonchev–Trinajstić information content (AvgIpc) is 2.51. The monoisotopic (exact) mass is 364 g/mol. The van der Waals surface area contributed by atoms with Gasteiger partial charge < -0.3 is 4.74 Å². The van der Waals surface area contributed by atoms with Gasteiger partial charge in [-0.15, -0.1) is 0 Å². The molecule has 0 saturated heterocycles. The van der Waals surface area contributed by atoms with Gasteiger partial charge in [0.2, 0.25) is 9.84 Å². The predicted molar refractivity (Wildman–Crippen MR) is 91.2 cm³/mol. The summed E-state index contributed by atoms with van der Waals surface area (Å²) in [5.41, 5.74) is 2.40. The van der Waals surface area contributed by atoms with Crippen LogP contribution >= 0.6 is 11.6 Å². The molecule has 0 aromatic heterocycles. The smallest absolute Gasteiger partial charge is 0.302 e. The minimum atomic E-state index is -3.53. The highest BCUT2D eigenvalue weighted by atomic mass is 35.5. The van der Waals surface area contributed by atoms with Crippen molar-refractivity contribution in [3.05, 3.63) is 58.1 Å². The minimum Gasteiger partial charge on any atom is -0.465 e. The molecule has 0 aliphatic carbocycles. The third-order valence-electron chi connectivity index (χ3n) is 4.17. The molecule has 1 heterocycles. The van der Waals surface area contributed by atoms with Crippen LogP contribution in [0.25, 0.3) is 0 Å². The highest BCUT2D eigenvalue weighted by Crippen LogP contribution is 2.36. The number of fused-ring (bicyclic) bond motifs is 2. The van der Waals surface area contributed by atoms with E-state index < -0.39 is 9.84 Å². The van der Waals surface area contributed by atoms with Gasteiger partial charge in [-0.1, -0.05) is 30.7 Å². The Hall–Kier alpha value is -1.85. The van der Waals surface area contributed by atoms with E-state index in [4.69, 9.17) is 16.3 Å². The van der Waals surface area contributed by atoms with Crippen molar-refractivity contribution in [1.82, 2.24) is 0 Å². The molecule has 24 heavy (non-hydrogen) atoms. The molecule has 6 heteroatoms. The second kappa shape index (κ2) is 6.22. The fourth-order valence-electron chi connectivity index (χ4n) is 2.92. The summed E-state index contributed by atoms with van der Waals surface area (Å²) >= 11 is 6.01. The van der Waals surface area contributed by atoms with Gasteiger partial charge in [0, 0.05) is 24.3 Å². The van der Waals surface area contributed by atoms with Gasteiger partial charge in [0.25, 0.3) is 0 Å². The van der Waals surface area contributed by atoms with Gasteiger partial charge in [-0.3, -0.25) is 4.79 Å². The maximum atomic E-state index is 12.8. The van der Waals surface area contributed by atoms with Crippen LogP contribution in [0, 0.1) is 0 Å². The summed E-state index contributed by atoms with van der Waals surface area (Å²) in [5.74, 6) is -0.339. The molecule has 2 aromatic carbocycles. The molecule has 1 aliphatic rings. The van der Waals surface area contributed by atoms with Crippen LogP contribution in [-0.2, 0) is 25.8 Å². The number of hydrogen-bond acceptors (Lipinski definition) is 4. The van der Waals surface area contributed by atoms with Crippen molar-refractivity contribution >= 4 is 27.4 Å². The number of benzene rings is 2. The Morgan fingerprint density at radius 2 is 1.79 bits per heavy atom. The van der Waals surface area contributed by atoms with Crippen molar-refractivity contribution in [2.24, 2.45) is 0 Å². The van der Waals surface area contributed by atoms with Crippen molar-refractivity contribution in [2.75, 3.05) is 6.61 Å². The highest BCUT2D eigenvalue weighted by Gasteiger charge is 2.29. The van der Waals surface area contributed by atoms with Gasteiger partial charge in [-0.2, -0.15) is 0 Å². The summed E-state index contributed by atoms with van der Waals surface area (Å²) < 4.78 is 30.6. The van der Waals surface area contributed by atoms with Crippen LogP contribution in [0.5, 0.6) is 0 Å². The predicted octanol–water partition coefficient (Wildman–Crippen LogP) is 3.74. The van der Waals surface area contributed by atoms with Crippen LogP contribution in [0.4, 0.5) is 0 Å². The average molecular weight is 365 g/mol. The van der Waals surface area contributed by atoms with Crippen molar-refractivity contribution < 1.29 is 17.9 Å². The normalized spacial score (nSPS) is 16.0. The number of carbonyl (C=O) groups excluding carboxylic acids is 1. The third-order valence-corrected chi connectivity index (χ3v) is 6.36. The van der Waals surface area contributed by atoms with E-state index in [2.05, 4.69) is 0 Å². The number of halogens is 1. The maximum absolute atomic E-state index is 12.8. The van der Waals surface area contributed by atoms with E-state index in [1.807, 2.05) is 13.0 Å². The number of carbonyl (C=O) groups is 1. The Morgan fingerprint density at radius 1 is 1.17 bits per heavy atom. The second-order valence-corrected chi connectivity index (χ2v) is 8.33. The first-order chi connectivity index (χ1) is 11.3. The number of rotatable bonds is 3. The van der Waals surface area contributed by atoms with Gasteiger partial charge in [-0.05, 0) is 41.0 Å². The van der Waals surface area contributed by atoms with Gasteiger partial charge in [0.1, 0.15) is 0 Å². The summed E-state index contributed by atoms with van der Waals surface area (Å²) in [6, 6.07) is 10.2. The lowest BCUT2D eigenvalue weighted by atomic mass is 9.96. The molecule has 0 bridgehead atoms. The SMILES string of the molecule is CC(=O)OCC(C)c1ccc2c(c1)Cc1cc(Cl)ccc1S2(=O)=O. The van der Waals surface area contributed by atoms with Crippen LogP contribution in [0.2, 0.25) is 5.02 Å². The second-order valence-electron chi connectivity index (χ2n) is 6.00. The first-order valence-electron chi connectivity index (χ1n) is 7.58. The Morgan fingerprint density at radius 3 is 2.46 bits per heavy atom. The van der Waals surface area contributed by atoms with Crippen LogP contribution < -0.4 is 0 Å². The molecule has 4 nitrogen and oxygen atoms in total. The molecule has 0 radical (unpaired) electrons. The fourth-order valence-corrected chi connectivity index (χ4v) is 4.80. The largest absolute Gasteiger partial charge is 0.465 e. The van der Waals surface area contributed by atoms with Crippen LogP contribution in [0.3, 0.4) is 0 Å². The maximum Gasteiger partial charge on any atom is 0.302 e. The molecular formula is C18H17ClO4S. The van der Waals surface area contributed by atoms with E-state index in [0.717, 1.165) is 11.1 Å². The van der Waals surface area contributed by atoms with E-state index in [-0.39, 0.29) is 18.5 Å². The van der Waals surface area contributed by atoms with Gasteiger partial charge >= 0.3 is 5.97 Å². The molecule has 0 fully saturated rings. The Bertz CT molecular complexity index is 919. The first kappa shape index (κ1) is 17.0. The summed E-state index contributed by atoms with van der Waals surface area (Å²) in [4.78, 5) is 11.6. The van der Waals surface area contributed by atoms with E-state index in [9.17, 15) is 13.2 Å². The van der Waals surface area contributed by atoms with Crippen molar-refractivity contribution in [3.63, 3.8) is 0 Å². The molecule has 1 aliphatic heterocycles. The summed E-state index contributed by atoms with van der Waals surface area (Å²) in [7, 11) is -3.53. The quantitative estimate of drug-likeness (QED) is 0.664. The lowest BCUT2D eigenvalue weighted by molar-refractivity contribution is -0.141. The molecule has 0 saturated carbocycles. The zero-order valence-corrected chi connectivity index (χ0v) is 14.9. The summed E-state index contributed by atoms with van der Waals surface area (Å²) in [5, 5.41) is 0.520. The zero-order valence-electron chi connectivity index (χ0n) is 13.4. The topological polar surface area (TPSA) is 60.4 Å². The van der Waals surface area contributed by atoms with Gasteiger partial charge in [0.05, 0.1) is 16.4 Å². The fraction of sp³-hybridized carbons (Fsp3) is 0.278. The highest BCUT2D eigenvalue weighted by molar-refractivity contribution is 7.91. The van der Waals surface area contributed by atoms with Gasteiger partial charge in [-0.25, -0.2) is 8.42 Å². The lowest BCUT2D eigenvalue weighted by Crippen LogP contribution is -2.16. The van der Waals surface area contributed by atoms with E-state index in [0.29, 0.717) is 26.8 Å². The Kier molecular flexibility index (Phi) is 4.40. The van der Waals surface area contributed by atoms with Crippen molar-refractivity contribution in [1.29, 1.82) is 0 Å². The van der Waals surface area contributed by atoms with Crippen molar-refractivity contribution in [3.8, 4) is 0 Å². The molecule has 0 amide bonds. The van der Waals surface area contributed by atoms with E-state index >= 15 is 0 Å². The Balaban J connectivity index is 2.00. The van der Waals surface area contributed by atoms with Gasteiger partial charge in [0.15, 0.2) is 0 Å². The Labute approximate surface area is 146 Å². The molecule has 126 valence electrons. The standard InChI is InChI=1S/C18H17ClO4S/c1-11(10-23-12(2)20)13-3-5-17-14(7-13)8-15-9-16(19)4-6-18(15)24(17,21)22/h3-7,9,11H,8,10H2,1-2H3. The molecule has 1 atom stereocenters. The molecule has 3 rings (SSSR count). The number of hydrogen-bond donors (Lipinski definition) is 0. The van der Waals surface area contributed by atoms with Crippen LogP contribution in [0.15, 0.2) is 46.2 Å². The van der Waals surface area contributed by atoms with E-state index in [1.165, 1.54) is 6.92 Å². The molecule has 0 spiro atoms. The molecular weight excluding hydrogens is 348 g/mol. The van der Waals surface area contributed by atoms with Crippen LogP contribution in [-0.4, -0.2) is 21.0 Å². The molecule has 0 N–H and O–H groups in total. The minimum absolute atomic E-state index is 0.0114. The number of esters is 1. The number of ether oxygens (including phenoxy) is 1. The molecule has 2 aromatic rings. The lowest BCUT2D eigenvalue weighted by Gasteiger charge is -2.22. The summed E-state index contributed by atoms with van der Waals surface area (Å²) in [6.45, 7) is 3.57. The third kappa shape index (κ3) is 3.06. The zero-order chi connectivity index (χ0) is 17.5. The summed E-state index contributed by atoms with van der Waals surface area (Å²) in [6.07, 6.45) is 0.512. The van der Waals surface area contributed by atoms with Crippen LogP contribution in [0.1, 0.15) is 36.5 Å². The first-order valence-corrected chi connectivity index (χ1v) is 9.45. The molecule has 1 unspecified atom stereocenters. The van der Waals surface area contributed by atoms with Crippen molar-refractivity contribution in [2.45, 2.75) is 36.0 Å². The number of sulfone groups is 1.